The first-order chi connectivity index (χ1) is 10.2. The van der Waals surface area contributed by atoms with Gasteiger partial charge in [-0.2, -0.15) is 0 Å². The van der Waals surface area contributed by atoms with Crippen LogP contribution in [-0.4, -0.2) is 35.9 Å². The summed E-state index contributed by atoms with van der Waals surface area (Å²) in [6.07, 6.45) is 2.26. The lowest BCUT2D eigenvalue weighted by atomic mass is 10.1. The van der Waals surface area contributed by atoms with Crippen LogP contribution in [-0.2, 0) is 17.8 Å². The van der Waals surface area contributed by atoms with Gasteiger partial charge < -0.3 is 9.80 Å². The van der Waals surface area contributed by atoms with Crippen molar-refractivity contribution in [3.05, 3.63) is 59.8 Å². The Kier molecular flexibility index (Phi) is 3.86. The zero-order valence-electron chi connectivity index (χ0n) is 12.2. The third kappa shape index (κ3) is 3.05. The standard InChI is InChI=1S/C17H19N3O/c1-19-10-11-20(13-15-8-5-9-18-17(15)19)16(21)12-14-6-3-2-4-7-14/h2-9H,10-13H2,1H3. The topological polar surface area (TPSA) is 36.4 Å². The van der Waals surface area contributed by atoms with Crippen molar-refractivity contribution in [3.63, 3.8) is 0 Å². The number of anilines is 1. The van der Waals surface area contributed by atoms with E-state index in [9.17, 15) is 4.79 Å². The smallest absolute Gasteiger partial charge is 0.227 e. The van der Waals surface area contributed by atoms with Gasteiger partial charge in [-0.1, -0.05) is 36.4 Å². The fraction of sp³-hybridized carbons (Fsp3) is 0.294. The molecular weight excluding hydrogens is 262 g/mol. The van der Waals surface area contributed by atoms with Gasteiger partial charge in [0, 0.05) is 38.4 Å². The molecule has 4 heteroatoms. The fourth-order valence-electron chi connectivity index (χ4n) is 2.65. The van der Waals surface area contributed by atoms with E-state index in [1.807, 2.05) is 54.4 Å². The predicted molar refractivity (Wildman–Crippen MR) is 83.1 cm³/mol. The van der Waals surface area contributed by atoms with E-state index >= 15 is 0 Å². The maximum Gasteiger partial charge on any atom is 0.227 e. The molecule has 0 bridgehead atoms. The maximum absolute atomic E-state index is 12.5. The summed E-state index contributed by atoms with van der Waals surface area (Å²) in [7, 11) is 2.02. The third-order valence-electron chi connectivity index (χ3n) is 3.85. The second-order valence-corrected chi connectivity index (χ2v) is 5.39. The number of fused-ring (bicyclic) bond motifs is 1. The molecule has 0 radical (unpaired) electrons. The summed E-state index contributed by atoms with van der Waals surface area (Å²) in [6.45, 7) is 2.18. The van der Waals surface area contributed by atoms with Crippen LogP contribution >= 0.6 is 0 Å². The van der Waals surface area contributed by atoms with Crippen molar-refractivity contribution in [2.24, 2.45) is 0 Å². The molecule has 4 nitrogen and oxygen atoms in total. The highest BCUT2D eigenvalue weighted by Crippen LogP contribution is 2.21. The molecule has 3 rings (SSSR count). The Morgan fingerprint density at radius 1 is 1.14 bits per heavy atom. The minimum Gasteiger partial charge on any atom is -0.358 e. The lowest BCUT2D eigenvalue weighted by Crippen LogP contribution is -2.35. The van der Waals surface area contributed by atoms with Crippen molar-refractivity contribution in [2.75, 3.05) is 25.0 Å². The number of aromatic nitrogens is 1. The second-order valence-electron chi connectivity index (χ2n) is 5.39. The van der Waals surface area contributed by atoms with Gasteiger partial charge in [0.05, 0.1) is 6.42 Å². The third-order valence-corrected chi connectivity index (χ3v) is 3.85. The lowest BCUT2D eigenvalue weighted by molar-refractivity contribution is -0.130. The molecule has 2 aromatic rings. The molecule has 1 aliphatic rings. The van der Waals surface area contributed by atoms with Gasteiger partial charge in [-0.15, -0.1) is 0 Å². The summed E-state index contributed by atoms with van der Waals surface area (Å²) in [5, 5.41) is 0. The van der Waals surface area contributed by atoms with Crippen molar-refractivity contribution in [2.45, 2.75) is 13.0 Å². The molecule has 21 heavy (non-hydrogen) atoms. The van der Waals surface area contributed by atoms with Gasteiger partial charge in [0.25, 0.3) is 0 Å². The first-order valence-corrected chi connectivity index (χ1v) is 7.21. The van der Waals surface area contributed by atoms with Gasteiger partial charge in [-0.3, -0.25) is 4.79 Å². The number of carbonyl (C=O) groups is 1. The largest absolute Gasteiger partial charge is 0.358 e. The van der Waals surface area contributed by atoms with Crippen LogP contribution in [0.15, 0.2) is 48.7 Å². The van der Waals surface area contributed by atoms with Crippen LogP contribution in [0.5, 0.6) is 0 Å². The molecule has 0 fully saturated rings. The van der Waals surface area contributed by atoms with Crippen molar-refractivity contribution >= 4 is 11.7 Å². The normalized spacial score (nSPS) is 14.5. The van der Waals surface area contributed by atoms with Crippen LogP contribution in [0.3, 0.4) is 0 Å². The second kappa shape index (κ2) is 5.95. The molecule has 0 N–H and O–H groups in total. The van der Waals surface area contributed by atoms with Crippen LogP contribution in [0.1, 0.15) is 11.1 Å². The van der Waals surface area contributed by atoms with E-state index in [2.05, 4.69) is 9.88 Å². The monoisotopic (exact) mass is 281 g/mol. The zero-order valence-corrected chi connectivity index (χ0v) is 12.2. The van der Waals surface area contributed by atoms with Crippen LogP contribution in [0.4, 0.5) is 5.82 Å². The van der Waals surface area contributed by atoms with Gasteiger partial charge in [-0.25, -0.2) is 4.98 Å². The van der Waals surface area contributed by atoms with Gasteiger partial charge in [0.1, 0.15) is 5.82 Å². The van der Waals surface area contributed by atoms with Crippen LogP contribution < -0.4 is 4.90 Å². The zero-order chi connectivity index (χ0) is 14.7. The number of pyridine rings is 1. The molecule has 0 spiro atoms. The molecule has 1 aromatic heterocycles. The summed E-state index contributed by atoms with van der Waals surface area (Å²) < 4.78 is 0. The highest BCUT2D eigenvalue weighted by molar-refractivity contribution is 5.79. The van der Waals surface area contributed by atoms with Gasteiger partial charge in [0.2, 0.25) is 5.91 Å². The lowest BCUT2D eigenvalue weighted by Gasteiger charge is -2.21. The molecule has 0 saturated heterocycles. The number of benzene rings is 1. The number of carbonyl (C=O) groups excluding carboxylic acids is 1. The highest BCUT2D eigenvalue weighted by Gasteiger charge is 2.21. The first kappa shape index (κ1) is 13.6. The molecule has 2 heterocycles. The van der Waals surface area contributed by atoms with E-state index in [0.717, 1.165) is 30.0 Å². The van der Waals surface area contributed by atoms with Gasteiger partial charge in [0.15, 0.2) is 0 Å². The Hall–Kier alpha value is -2.36. The van der Waals surface area contributed by atoms with Crippen molar-refractivity contribution in [1.29, 1.82) is 0 Å². The first-order valence-electron chi connectivity index (χ1n) is 7.21. The molecule has 0 unspecified atom stereocenters. The SMILES string of the molecule is CN1CCN(C(=O)Cc2ccccc2)Cc2cccnc21. The maximum atomic E-state index is 12.5. The summed E-state index contributed by atoms with van der Waals surface area (Å²) in [6, 6.07) is 13.9. The Bertz CT molecular complexity index is 627. The molecule has 1 aromatic carbocycles. The average molecular weight is 281 g/mol. The van der Waals surface area contributed by atoms with Gasteiger partial charge >= 0.3 is 0 Å². The summed E-state index contributed by atoms with van der Waals surface area (Å²) in [5.74, 6) is 1.15. The molecule has 108 valence electrons. The van der Waals surface area contributed by atoms with Crippen molar-refractivity contribution < 1.29 is 4.79 Å². The Balaban J connectivity index is 1.76. The van der Waals surface area contributed by atoms with E-state index < -0.39 is 0 Å². The van der Waals surface area contributed by atoms with E-state index in [0.29, 0.717) is 13.0 Å². The number of amides is 1. The molecular formula is C17H19N3O. The summed E-state index contributed by atoms with van der Waals surface area (Å²) in [5.41, 5.74) is 2.17. The van der Waals surface area contributed by atoms with E-state index in [1.165, 1.54) is 0 Å². The number of nitrogens with zero attached hydrogens (tertiary/aromatic N) is 3. The van der Waals surface area contributed by atoms with E-state index in [-0.39, 0.29) is 5.91 Å². The number of hydrogen-bond donors (Lipinski definition) is 0. The van der Waals surface area contributed by atoms with E-state index in [1.54, 1.807) is 6.20 Å². The minimum atomic E-state index is 0.173. The number of likely N-dealkylation sites (N-methyl/N-ethyl adjacent to an activating group) is 1. The number of hydrogen-bond acceptors (Lipinski definition) is 3. The van der Waals surface area contributed by atoms with Gasteiger partial charge in [-0.05, 0) is 11.6 Å². The molecule has 1 aliphatic heterocycles. The van der Waals surface area contributed by atoms with E-state index in [4.69, 9.17) is 0 Å². The Labute approximate surface area is 125 Å². The fourth-order valence-corrected chi connectivity index (χ4v) is 2.65. The summed E-state index contributed by atoms with van der Waals surface area (Å²) in [4.78, 5) is 21.0. The average Bonchev–Trinajstić information content (AvgIpc) is 2.68. The quantitative estimate of drug-likeness (QED) is 0.846. The molecule has 0 aliphatic carbocycles. The molecule has 0 saturated carbocycles. The molecule has 0 atom stereocenters. The van der Waals surface area contributed by atoms with Crippen LogP contribution in [0.2, 0.25) is 0 Å². The predicted octanol–water partition coefficient (Wildman–Crippen LogP) is 2.10. The molecule has 1 amide bonds. The number of rotatable bonds is 2. The minimum absolute atomic E-state index is 0.173. The Morgan fingerprint density at radius 2 is 1.95 bits per heavy atom. The van der Waals surface area contributed by atoms with Crippen molar-refractivity contribution in [1.82, 2.24) is 9.88 Å². The van der Waals surface area contributed by atoms with Crippen LogP contribution in [0, 0.1) is 0 Å². The van der Waals surface area contributed by atoms with Crippen LogP contribution in [0.25, 0.3) is 0 Å². The van der Waals surface area contributed by atoms with Crippen molar-refractivity contribution in [3.8, 4) is 0 Å². The summed E-state index contributed by atoms with van der Waals surface area (Å²) >= 11 is 0. The Morgan fingerprint density at radius 3 is 2.76 bits per heavy atom. The highest BCUT2D eigenvalue weighted by atomic mass is 16.2.